The van der Waals surface area contributed by atoms with Gasteiger partial charge < -0.3 is 5.32 Å². The normalized spacial score (nSPS) is 11.0. The van der Waals surface area contributed by atoms with Gasteiger partial charge in [-0.1, -0.05) is 65.2 Å². The molecule has 136 valence electrons. The van der Waals surface area contributed by atoms with Crippen LogP contribution >= 0.6 is 12.6 Å². The van der Waals surface area contributed by atoms with Crippen LogP contribution in [0.1, 0.15) is 97.3 Å². The van der Waals surface area contributed by atoms with Crippen LogP contribution < -0.4 is 5.32 Å². The molecule has 0 fully saturated rings. The van der Waals surface area contributed by atoms with Crippen LogP contribution in [0.2, 0.25) is 0 Å². The Morgan fingerprint density at radius 2 is 1.30 bits per heavy atom. The monoisotopic (exact) mass is 343 g/mol. The van der Waals surface area contributed by atoms with E-state index in [-0.39, 0.29) is 11.0 Å². The van der Waals surface area contributed by atoms with E-state index in [1.807, 2.05) is 0 Å². The van der Waals surface area contributed by atoms with Crippen LogP contribution in [0.25, 0.3) is 0 Å². The van der Waals surface area contributed by atoms with Gasteiger partial charge in [0.15, 0.2) is 5.12 Å². The van der Waals surface area contributed by atoms with Crippen LogP contribution in [-0.4, -0.2) is 17.6 Å². The fourth-order valence-electron chi connectivity index (χ4n) is 2.62. The lowest BCUT2D eigenvalue weighted by Gasteiger charge is -2.06. The Balaban J connectivity index is 3.19. The van der Waals surface area contributed by atoms with Crippen molar-refractivity contribution in [2.75, 3.05) is 6.54 Å². The van der Waals surface area contributed by atoms with Crippen molar-refractivity contribution in [2.24, 2.45) is 5.92 Å². The molecule has 0 spiro atoms. The van der Waals surface area contributed by atoms with Gasteiger partial charge in [-0.05, 0) is 25.2 Å². The van der Waals surface area contributed by atoms with Crippen molar-refractivity contribution in [2.45, 2.75) is 97.3 Å². The third-order valence-electron chi connectivity index (χ3n) is 4.07. The Kier molecular flexibility index (Phi) is 16.0. The zero-order chi connectivity index (χ0) is 17.3. The predicted molar refractivity (Wildman–Crippen MR) is 102 cm³/mol. The van der Waals surface area contributed by atoms with Gasteiger partial charge in [0.1, 0.15) is 0 Å². The van der Waals surface area contributed by atoms with Crippen molar-refractivity contribution in [1.82, 2.24) is 5.32 Å². The molecule has 0 atom stereocenters. The van der Waals surface area contributed by atoms with Crippen molar-refractivity contribution in [3.8, 4) is 0 Å². The Hall–Kier alpha value is -0.510. The van der Waals surface area contributed by atoms with Crippen LogP contribution in [0, 0.1) is 5.92 Å². The number of carbonyl (C=O) groups is 2. The molecule has 0 aromatic heterocycles. The lowest BCUT2D eigenvalue weighted by Crippen LogP contribution is -2.24. The molecule has 0 aromatic rings. The number of nitrogens with one attached hydrogen (secondary N) is 1. The first-order valence-electron chi connectivity index (χ1n) is 9.51. The maximum absolute atomic E-state index is 11.7. The average Bonchev–Trinajstić information content (AvgIpc) is 2.48. The highest BCUT2D eigenvalue weighted by molar-refractivity contribution is 7.96. The van der Waals surface area contributed by atoms with Crippen molar-refractivity contribution in [3.05, 3.63) is 0 Å². The van der Waals surface area contributed by atoms with E-state index < -0.39 is 0 Å². The van der Waals surface area contributed by atoms with E-state index in [0.29, 0.717) is 12.8 Å². The summed E-state index contributed by atoms with van der Waals surface area (Å²) in [5.74, 6) is 0.974. The van der Waals surface area contributed by atoms with Crippen LogP contribution in [0.3, 0.4) is 0 Å². The number of unbranched alkanes of at least 4 members (excludes halogenated alkanes) is 8. The lowest BCUT2D eigenvalue weighted by atomic mass is 10.1. The molecular formula is C19H37NO2S. The molecule has 1 N–H and O–H groups in total. The van der Waals surface area contributed by atoms with E-state index in [4.69, 9.17) is 0 Å². The fraction of sp³-hybridized carbons (Fsp3) is 0.895. The van der Waals surface area contributed by atoms with E-state index in [0.717, 1.165) is 44.6 Å². The smallest absolute Gasteiger partial charge is 0.219 e. The van der Waals surface area contributed by atoms with E-state index in [1.54, 1.807) is 0 Å². The summed E-state index contributed by atoms with van der Waals surface area (Å²) >= 11 is 3.76. The van der Waals surface area contributed by atoms with Gasteiger partial charge in [0.05, 0.1) is 0 Å². The van der Waals surface area contributed by atoms with Gasteiger partial charge in [-0.25, -0.2) is 0 Å². The molecule has 0 unspecified atom stereocenters. The van der Waals surface area contributed by atoms with Gasteiger partial charge in [0.25, 0.3) is 0 Å². The van der Waals surface area contributed by atoms with Gasteiger partial charge in [0.2, 0.25) is 5.91 Å². The maximum atomic E-state index is 11.7. The summed E-state index contributed by atoms with van der Waals surface area (Å²) in [6.45, 7) is 5.31. The summed E-state index contributed by atoms with van der Waals surface area (Å²) < 4.78 is 0. The van der Waals surface area contributed by atoms with Gasteiger partial charge >= 0.3 is 0 Å². The molecule has 0 aliphatic carbocycles. The van der Waals surface area contributed by atoms with Crippen LogP contribution in [0.15, 0.2) is 0 Å². The molecule has 0 saturated carbocycles. The summed E-state index contributed by atoms with van der Waals surface area (Å²) in [6, 6.07) is 0. The van der Waals surface area contributed by atoms with E-state index in [2.05, 4.69) is 31.8 Å². The first-order valence-corrected chi connectivity index (χ1v) is 9.95. The Bertz CT molecular complexity index is 306. The van der Waals surface area contributed by atoms with Gasteiger partial charge in [-0.15, -0.1) is 12.6 Å². The lowest BCUT2D eigenvalue weighted by molar-refractivity contribution is -0.121. The number of carbonyl (C=O) groups excluding carboxylic acids is 2. The minimum atomic E-state index is 0.00296. The minimum absolute atomic E-state index is 0.00296. The molecule has 0 radical (unpaired) electrons. The van der Waals surface area contributed by atoms with Crippen molar-refractivity contribution >= 4 is 23.7 Å². The summed E-state index contributed by atoms with van der Waals surface area (Å²) in [6.07, 6.45) is 14.0. The van der Waals surface area contributed by atoms with Crippen molar-refractivity contribution in [1.29, 1.82) is 0 Å². The molecule has 23 heavy (non-hydrogen) atoms. The van der Waals surface area contributed by atoms with E-state index in [9.17, 15) is 9.59 Å². The molecule has 0 bridgehead atoms. The number of thiol groups is 1. The zero-order valence-corrected chi connectivity index (χ0v) is 16.1. The number of rotatable bonds is 16. The molecule has 3 nitrogen and oxygen atoms in total. The van der Waals surface area contributed by atoms with Crippen molar-refractivity contribution < 1.29 is 9.59 Å². The highest BCUT2D eigenvalue weighted by Crippen LogP contribution is 2.11. The molecule has 0 saturated heterocycles. The number of amides is 1. The molecule has 0 aliphatic heterocycles. The summed E-state index contributed by atoms with van der Waals surface area (Å²) in [5, 5.41) is 3.02. The number of hydrogen-bond acceptors (Lipinski definition) is 2. The standard InChI is InChI=1S/C19H37NO2S/c1-17(2)13-11-12-16-20-18(21)14-9-7-5-3-4-6-8-10-15-19(22)23/h17H,3-16H2,1-2H3,(H,20,21)(H,22,23). The second-order valence-corrected chi connectivity index (χ2v) is 7.46. The average molecular weight is 344 g/mol. The zero-order valence-electron chi connectivity index (χ0n) is 15.2. The van der Waals surface area contributed by atoms with Crippen LogP contribution in [-0.2, 0) is 9.59 Å². The highest BCUT2D eigenvalue weighted by Gasteiger charge is 2.01. The molecule has 1 amide bonds. The maximum Gasteiger partial charge on any atom is 0.219 e. The van der Waals surface area contributed by atoms with Crippen LogP contribution in [0.5, 0.6) is 0 Å². The van der Waals surface area contributed by atoms with Crippen molar-refractivity contribution in [3.63, 3.8) is 0 Å². The molecule has 0 aliphatic rings. The largest absolute Gasteiger partial charge is 0.356 e. The van der Waals surface area contributed by atoms with Gasteiger partial charge in [-0.2, -0.15) is 0 Å². The third-order valence-corrected chi connectivity index (χ3v) is 4.30. The first-order chi connectivity index (χ1) is 11.0. The topological polar surface area (TPSA) is 46.2 Å². The van der Waals surface area contributed by atoms with E-state index >= 15 is 0 Å². The number of hydrogen-bond donors (Lipinski definition) is 2. The SMILES string of the molecule is CC(C)CCCCNC(=O)CCCCCCCCCCC(=O)S. The molecule has 0 aromatic carbocycles. The molecule has 4 heteroatoms. The second kappa shape index (κ2) is 16.4. The summed E-state index contributed by atoms with van der Waals surface area (Å²) in [7, 11) is 0. The molecular weight excluding hydrogens is 306 g/mol. The molecule has 0 rings (SSSR count). The molecule has 0 heterocycles. The van der Waals surface area contributed by atoms with Gasteiger partial charge in [0, 0.05) is 19.4 Å². The quantitative estimate of drug-likeness (QED) is 0.295. The summed E-state index contributed by atoms with van der Waals surface area (Å²) in [4.78, 5) is 22.3. The first kappa shape index (κ1) is 22.5. The fourth-order valence-corrected chi connectivity index (χ4v) is 2.77. The minimum Gasteiger partial charge on any atom is -0.356 e. The second-order valence-electron chi connectivity index (χ2n) is 6.96. The van der Waals surface area contributed by atoms with E-state index in [1.165, 1.54) is 38.5 Å². The third kappa shape index (κ3) is 19.4. The highest BCUT2D eigenvalue weighted by atomic mass is 32.1. The Labute approximate surface area is 148 Å². The Morgan fingerprint density at radius 3 is 1.83 bits per heavy atom. The Morgan fingerprint density at radius 1 is 0.783 bits per heavy atom. The van der Waals surface area contributed by atoms with Gasteiger partial charge in [-0.3, -0.25) is 9.59 Å². The predicted octanol–water partition coefficient (Wildman–Crippen LogP) is 5.29. The summed E-state index contributed by atoms with van der Waals surface area (Å²) in [5.41, 5.74) is 0. The van der Waals surface area contributed by atoms with Crippen LogP contribution in [0.4, 0.5) is 0 Å².